The first kappa shape index (κ1) is 11.4. The Morgan fingerprint density at radius 1 is 1.59 bits per heavy atom. The van der Waals surface area contributed by atoms with E-state index in [1.165, 1.54) is 12.1 Å². The van der Waals surface area contributed by atoms with Crippen LogP contribution >= 0.6 is 0 Å². The number of non-ortho nitro benzene ring substituents is 1. The number of fused-ring (bicyclic) bond motifs is 1. The van der Waals surface area contributed by atoms with Crippen LogP contribution in [0.5, 0.6) is 0 Å². The SMILES string of the molecule is CC(O)CN1C=CNc2ccc([N+](=O)[O-])cc21. The smallest absolute Gasteiger partial charge is 0.271 e. The Bertz CT molecular complexity index is 471. The quantitative estimate of drug-likeness (QED) is 0.615. The van der Waals surface area contributed by atoms with E-state index in [0.29, 0.717) is 12.2 Å². The molecule has 1 aliphatic heterocycles. The zero-order chi connectivity index (χ0) is 12.4. The highest BCUT2D eigenvalue weighted by Gasteiger charge is 2.18. The maximum atomic E-state index is 10.7. The standard InChI is InChI=1S/C11H13N3O3/c1-8(15)7-13-5-4-12-10-3-2-9(14(16)17)6-11(10)13/h2-6,8,12,15H,7H2,1H3. The van der Waals surface area contributed by atoms with Gasteiger partial charge in [-0.3, -0.25) is 10.1 Å². The fraction of sp³-hybridized carbons (Fsp3) is 0.273. The van der Waals surface area contributed by atoms with Gasteiger partial charge in [0.05, 0.1) is 22.4 Å². The summed E-state index contributed by atoms with van der Waals surface area (Å²) < 4.78 is 0. The Morgan fingerprint density at radius 2 is 2.35 bits per heavy atom. The molecule has 1 heterocycles. The average Bonchev–Trinajstić information content (AvgIpc) is 2.28. The molecule has 2 N–H and O–H groups in total. The third kappa shape index (κ3) is 2.36. The van der Waals surface area contributed by atoms with Crippen LogP contribution in [0.1, 0.15) is 6.92 Å². The highest BCUT2D eigenvalue weighted by atomic mass is 16.6. The number of hydrogen-bond donors (Lipinski definition) is 2. The molecule has 0 radical (unpaired) electrons. The molecule has 17 heavy (non-hydrogen) atoms. The van der Waals surface area contributed by atoms with Gasteiger partial charge in [-0.1, -0.05) is 0 Å². The number of nitrogens with one attached hydrogen (secondary N) is 1. The molecule has 1 atom stereocenters. The molecular weight excluding hydrogens is 222 g/mol. The molecule has 0 spiro atoms. The Hall–Kier alpha value is -2.08. The van der Waals surface area contributed by atoms with Crippen molar-refractivity contribution in [2.75, 3.05) is 16.8 Å². The van der Waals surface area contributed by atoms with E-state index >= 15 is 0 Å². The van der Waals surface area contributed by atoms with Crippen LogP contribution in [0.4, 0.5) is 17.1 Å². The van der Waals surface area contributed by atoms with Gasteiger partial charge in [0.2, 0.25) is 0 Å². The van der Waals surface area contributed by atoms with Gasteiger partial charge in [0.15, 0.2) is 0 Å². The molecule has 0 aliphatic carbocycles. The summed E-state index contributed by atoms with van der Waals surface area (Å²) in [6, 6.07) is 4.60. The van der Waals surface area contributed by atoms with E-state index in [-0.39, 0.29) is 5.69 Å². The van der Waals surface area contributed by atoms with Gasteiger partial charge in [-0.05, 0) is 13.0 Å². The van der Waals surface area contributed by atoms with E-state index in [1.807, 2.05) is 0 Å². The summed E-state index contributed by atoms with van der Waals surface area (Å²) >= 11 is 0. The summed E-state index contributed by atoms with van der Waals surface area (Å²) in [7, 11) is 0. The summed E-state index contributed by atoms with van der Waals surface area (Å²) in [5.74, 6) is 0. The van der Waals surface area contributed by atoms with Crippen LogP contribution in [0.15, 0.2) is 30.6 Å². The maximum absolute atomic E-state index is 10.7. The lowest BCUT2D eigenvalue weighted by Gasteiger charge is -2.27. The van der Waals surface area contributed by atoms with Gasteiger partial charge in [-0.15, -0.1) is 0 Å². The minimum atomic E-state index is -0.509. The van der Waals surface area contributed by atoms with Crippen LogP contribution in [-0.4, -0.2) is 22.7 Å². The first-order valence-electron chi connectivity index (χ1n) is 5.24. The van der Waals surface area contributed by atoms with Crippen LogP contribution in [-0.2, 0) is 0 Å². The van der Waals surface area contributed by atoms with E-state index < -0.39 is 11.0 Å². The second kappa shape index (κ2) is 4.42. The second-order valence-corrected chi connectivity index (χ2v) is 3.92. The maximum Gasteiger partial charge on any atom is 0.271 e. The third-order valence-corrected chi connectivity index (χ3v) is 2.46. The Morgan fingerprint density at radius 3 is 3.00 bits per heavy atom. The van der Waals surface area contributed by atoms with E-state index in [1.54, 1.807) is 30.3 Å². The van der Waals surface area contributed by atoms with Gasteiger partial charge >= 0.3 is 0 Å². The monoisotopic (exact) mass is 235 g/mol. The first-order valence-corrected chi connectivity index (χ1v) is 5.24. The molecule has 0 bridgehead atoms. The largest absolute Gasteiger partial charge is 0.392 e. The van der Waals surface area contributed by atoms with Gasteiger partial charge in [-0.2, -0.15) is 0 Å². The molecule has 6 nitrogen and oxygen atoms in total. The number of rotatable bonds is 3. The van der Waals surface area contributed by atoms with Crippen molar-refractivity contribution in [3.05, 3.63) is 40.7 Å². The van der Waals surface area contributed by atoms with Crippen LogP contribution in [0.25, 0.3) is 0 Å². The minimum absolute atomic E-state index is 0.0384. The number of aliphatic hydroxyl groups is 1. The van der Waals surface area contributed by atoms with Gasteiger partial charge in [0.25, 0.3) is 5.69 Å². The number of nitrogens with zero attached hydrogens (tertiary/aromatic N) is 2. The lowest BCUT2D eigenvalue weighted by molar-refractivity contribution is -0.384. The van der Waals surface area contributed by atoms with Crippen LogP contribution < -0.4 is 10.2 Å². The second-order valence-electron chi connectivity index (χ2n) is 3.92. The van der Waals surface area contributed by atoms with Crippen molar-refractivity contribution in [2.45, 2.75) is 13.0 Å². The molecule has 6 heteroatoms. The lowest BCUT2D eigenvalue weighted by atomic mass is 10.2. The van der Waals surface area contributed by atoms with Crippen molar-refractivity contribution >= 4 is 17.1 Å². The van der Waals surface area contributed by atoms with Crippen molar-refractivity contribution in [3.8, 4) is 0 Å². The molecule has 0 amide bonds. The number of benzene rings is 1. The van der Waals surface area contributed by atoms with Crippen LogP contribution in [0.3, 0.4) is 0 Å². The summed E-state index contributed by atoms with van der Waals surface area (Å²) in [6.07, 6.45) is 2.97. The lowest BCUT2D eigenvalue weighted by Crippen LogP contribution is -2.28. The summed E-state index contributed by atoms with van der Waals surface area (Å²) in [5, 5.41) is 23.1. The minimum Gasteiger partial charge on any atom is -0.392 e. The molecule has 0 aromatic heterocycles. The van der Waals surface area contributed by atoms with Gasteiger partial charge in [-0.25, -0.2) is 0 Å². The Labute approximate surface area is 98.3 Å². The van der Waals surface area contributed by atoms with Crippen LogP contribution in [0, 0.1) is 10.1 Å². The van der Waals surface area contributed by atoms with E-state index in [9.17, 15) is 15.2 Å². The van der Waals surface area contributed by atoms with Gasteiger partial charge < -0.3 is 15.3 Å². The predicted molar refractivity (Wildman–Crippen MR) is 64.9 cm³/mol. The van der Waals surface area contributed by atoms with Crippen molar-refractivity contribution in [1.82, 2.24) is 0 Å². The summed E-state index contributed by atoms with van der Waals surface area (Å²) in [4.78, 5) is 12.1. The number of anilines is 2. The number of nitro benzene ring substituents is 1. The number of nitro groups is 1. The van der Waals surface area contributed by atoms with Crippen molar-refractivity contribution in [3.63, 3.8) is 0 Å². The molecule has 0 saturated carbocycles. The van der Waals surface area contributed by atoms with Crippen molar-refractivity contribution < 1.29 is 10.0 Å². The zero-order valence-corrected chi connectivity index (χ0v) is 9.33. The molecule has 2 rings (SSSR count). The summed E-state index contributed by atoms with van der Waals surface area (Å²) in [5.41, 5.74) is 1.53. The summed E-state index contributed by atoms with van der Waals surface area (Å²) in [6.45, 7) is 2.07. The number of β-amino-alcohol motifs (C(OH)–C–C–N with tert-alkyl or cyclic N) is 1. The highest BCUT2D eigenvalue weighted by Crippen LogP contribution is 2.33. The highest BCUT2D eigenvalue weighted by molar-refractivity contribution is 5.77. The molecule has 0 saturated heterocycles. The fourth-order valence-corrected chi connectivity index (χ4v) is 1.73. The molecule has 90 valence electrons. The van der Waals surface area contributed by atoms with Gasteiger partial charge in [0.1, 0.15) is 0 Å². The van der Waals surface area contributed by atoms with E-state index in [2.05, 4.69) is 5.32 Å². The first-order chi connectivity index (χ1) is 8.08. The molecule has 1 aliphatic rings. The van der Waals surface area contributed by atoms with Crippen molar-refractivity contribution in [2.24, 2.45) is 0 Å². The predicted octanol–water partition coefficient (Wildman–Crippen LogP) is 1.68. The molecular formula is C11H13N3O3. The molecule has 1 unspecified atom stereocenters. The Balaban J connectivity index is 2.36. The van der Waals surface area contributed by atoms with Crippen LogP contribution in [0.2, 0.25) is 0 Å². The number of hydrogen-bond acceptors (Lipinski definition) is 5. The normalized spacial score (nSPS) is 15.1. The number of aliphatic hydroxyl groups excluding tert-OH is 1. The molecule has 1 aromatic carbocycles. The topological polar surface area (TPSA) is 78.6 Å². The zero-order valence-electron chi connectivity index (χ0n) is 9.33. The van der Waals surface area contributed by atoms with Gasteiger partial charge in [0, 0.05) is 31.1 Å². The molecule has 0 fully saturated rings. The fourth-order valence-electron chi connectivity index (χ4n) is 1.73. The average molecular weight is 235 g/mol. The Kier molecular flexibility index (Phi) is 2.97. The van der Waals surface area contributed by atoms with E-state index in [4.69, 9.17) is 0 Å². The third-order valence-electron chi connectivity index (χ3n) is 2.46. The van der Waals surface area contributed by atoms with E-state index in [0.717, 1.165) is 5.69 Å². The molecule has 1 aromatic rings. The van der Waals surface area contributed by atoms with Crippen molar-refractivity contribution in [1.29, 1.82) is 0 Å².